The Morgan fingerprint density at radius 2 is 1.69 bits per heavy atom. The van der Waals surface area contributed by atoms with Gasteiger partial charge in [0.05, 0.1) is 0 Å². The van der Waals surface area contributed by atoms with Crippen molar-refractivity contribution in [2.75, 3.05) is 0 Å². The van der Waals surface area contributed by atoms with Gasteiger partial charge >= 0.3 is 0 Å². The summed E-state index contributed by atoms with van der Waals surface area (Å²) in [6, 6.07) is 9.14. The summed E-state index contributed by atoms with van der Waals surface area (Å²) < 4.78 is 0. The molecule has 88 valence electrons. The van der Waals surface area contributed by atoms with Gasteiger partial charge in [-0.05, 0) is 35.3 Å². The molecule has 0 N–H and O–H groups in total. The van der Waals surface area contributed by atoms with Crippen LogP contribution >= 0.6 is 15.9 Å². The van der Waals surface area contributed by atoms with Gasteiger partial charge < -0.3 is 0 Å². The Balaban J connectivity index is 2.12. The first kappa shape index (κ1) is 12.2. The molecule has 0 spiro atoms. The van der Waals surface area contributed by atoms with Crippen LogP contribution in [0.1, 0.15) is 56.0 Å². The van der Waals surface area contributed by atoms with Crippen LogP contribution in [-0.4, -0.2) is 0 Å². The quantitative estimate of drug-likeness (QED) is 0.652. The second-order valence-electron chi connectivity index (χ2n) is 5.96. The normalized spacial score (nSPS) is 19.2. The molecule has 0 amide bonds. The van der Waals surface area contributed by atoms with Gasteiger partial charge in [-0.1, -0.05) is 67.4 Å². The Kier molecular flexibility index (Phi) is 3.44. The van der Waals surface area contributed by atoms with Crippen molar-refractivity contribution in [2.24, 2.45) is 5.92 Å². The lowest BCUT2D eigenvalue weighted by atomic mass is 9.80. The van der Waals surface area contributed by atoms with Crippen molar-refractivity contribution in [3.05, 3.63) is 35.4 Å². The first-order chi connectivity index (χ1) is 7.48. The molecule has 1 aromatic carbocycles. The highest BCUT2D eigenvalue weighted by Crippen LogP contribution is 2.43. The molecule has 0 bridgehead atoms. The van der Waals surface area contributed by atoms with Crippen molar-refractivity contribution in [2.45, 2.75) is 50.3 Å². The Bertz CT molecular complexity index is 341. The van der Waals surface area contributed by atoms with E-state index in [0.717, 1.165) is 5.92 Å². The van der Waals surface area contributed by atoms with E-state index in [1.165, 1.54) is 30.4 Å². The average molecular weight is 281 g/mol. The molecule has 2 rings (SSSR count). The molecule has 0 aromatic heterocycles. The topological polar surface area (TPSA) is 0 Å². The molecule has 1 aromatic rings. The molecule has 1 aliphatic rings. The summed E-state index contributed by atoms with van der Waals surface area (Å²) in [4.78, 5) is 0.565. The van der Waals surface area contributed by atoms with Gasteiger partial charge in [-0.25, -0.2) is 0 Å². The lowest BCUT2D eigenvalue weighted by molar-refractivity contribution is 0.312. The Hall–Kier alpha value is -0.300. The smallest absolute Gasteiger partial charge is 0.0423 e. The highest BCUT2D eigenvalue weighted by molar-refractivity contribution is 9.09. The van der Waals surface area contributed by atoms with Crippen LogP contribution in [0.2, 0.25) is 0 Å². The summed E-state index contributed by atoms with van der Waals surface area (Å²) in [5.74, 6) is 0.862. The summed E-state index contributed by atoms with van der Waals surface area (Å²) in [5, 5.41) is 0. The van der Waals surface area contributed by atoms with E-state index >= 15 is 0 Å². The zero-order chi connectivity index (χ0) is 11.8. The highest BCUT2D eigenvalue weighted by atomic mass is 79.9. The predicted octanol–water partition coefficient (Wildman–Crippen LogP) is 5.22. The molecule has 0 heterocycles. The minimum Gasteiger partial charge on any atom is -0.0836 e. The van der Waals surface area contributed by atoms with Crippen molar-refractivity contribution in [3.8, 4) is 0 Å². The Labute approximate surface area is 108 Å². The van der Waals surface area contributed by atoms with E-state index in [1.54, 1.807) is 0 Å². The first-order valence-corrected chi connectivity index (χ1v) is 7.14. The van der Waals surface area contributed by atoms with E-state index in [4.69, 9.17) is 0 Å². The van der Waals surface area contributed by atoms with Gasteiger partial charge in [0.25, 0.3) is 0 Å². The van der Waals surface area contributed by atoms with E-state index in [1.807, 2.05) is 0 Å². The zero-order valence-corrected chi connectivity index (χ0v) is 12.0. The van der Waals surface area contributed by atoms with E-state index < -0.39 is 0 Å². The molecule has 0 saturated heterocycles. The van der Waals surface area contributed by atoms with Crippen molar-refractivity contribution in [3.63, 3.8) is 0 Å². The van der Waals surface area contributed by atoms with Crippen molar-refractivity contribution >= 4 is 15.9 Å². The van der Waals surface area contributed by atoms with Crippen LogP contribution in [0.15, 0.2) is 24.3 Å². The summed E-state index contributed by atoms with van der Waals surface area (Å²) in [7, 11) is 0. The molecule has 1 saturated carbocycles. The molecule has 0 radical (unpaired) electrons. The monoisotopic (exact) mass is 280 g/mol. The molecule has 1 aliphatic carbocycles. The summed E-state index contributed by atoms with van der Waals surface area (Å²) in [6.45, 7) is 6.79. The Morgan fingerprint density at radius 3 is 2.06 bits per heavy atom. The second kappa shape index (κ2) is 4.52. The molecule has 16 heavy (non-hydrogen) atoms. The van der Waals surface area contributed by atoms with E-state index in [2.05, 4.69) is 61.0 Å². The number of hydrogen-bond acceptors (Lipinski definition) is 0. The Morgan fingerprint density at radius 1 is 1.12 bits per heavy atom. The summed E-state index contributed by atoms with van der Waals surface area (Å²) in [5.41, 5.74) is 3.12. The third kappa shape index (κ3) is 2.51. The fourth-order valence-corrected chi connectivity index (χ4v) is 3.01. The summed E-state index contributed by atoms with van der Waals surface area (Å²) in [6.07, 6.45) is 4.18. The maximum Gasteiger partial charge on any atom is 0.0423 e. The van der Waals surface area contributed by atoms with Gasteiger partial charge in [0.15, 0.2) is 0 Å². The molecule has 0 aliphatic heterocycles. The van der Waals surface area contributed by atoms with Crippen LogP contribution < -0.4 is 0 Å². The number of alkyl halides is 1. The van der Waals surface area contributed by atoms with E-state index in [9.17, 15) is 0 Å². The van der Waals surface area contributed by atoms with Crippen LogP contribution in [0.5, 0.6) is 0 Å². The van der Waals surface area contributed by atoms with Gasteiger partial charge in [-0.2, -0.15) is 0 Å². The fourth-order valence-electron chi connectivity index (χ4n) is 2.17. The van der Waals surface area contributed by atoms with E-state index in [0.29, 0.717) is 4.83 Å². The van der Waals surface area contributed by atoms with Crippen LogP contribution in [0, 0.1) is 5.92 Å². The van der Waals surface area contributed by atoms with Crippen LogP contribution in [0.25, 0.3) is 0 Å². The van der Waals surface area contributed by atoms with Crippen molar-refractivity contribution in [1.82, 2.24) is 0 Å². The minimum atomic E-state index is 0.261. The van der Waals surface area contributed by atoms with Gasteiger partial charge in [0.2, 0.25) is 0 Å². The average Bonchev–Trinajstić information content (AvgIpc) is 2.14. The van der Waals surface area contributed by atoms with E-state index in [-0.39, 0.29) is 5.41 Å². The SMILES string of the molecule is CC(C)(C)c1ccc(C(Br)C2CCC2)cc1. The van der Waals surface area contributed by atoms with Gasteiger partial charge in [0.1, 0.15) is 0 Å². The number of benzene rings is 1. The van der Waals surface area contributed by atoms with Crippen LogP contribution in [0.3, 0.4) is 0 Å². The minimum absolute atomic E-state index is 0.261. The molecule has 1 heteroatoms. The molecule has 1 atom stereocenters. The lowest BCUT2D eigenvalue weighted by Gasteiger charge is -2.30. The maximum atomic E-state index is 3.84. The second-order valence-corrected chi connectivity index (χ2v) is 6.95. The maximum absolute atomic E-state index is 3.84. The molecule has 0 nitrogen and oxygen atoms in total. The highest BCUT2D eigenvalue weighted by Gasteiger charge is 2.26. The lowest BCUT2D eigenvalue weighted by Crippen LogP contribution is -2.16. The summed E-state index contributed by atoms with van der Waals surface area (Å²) >= 11 is 3.84. The predicted molar refractivity (Wildman–Crippen MR) is 74.2 cm³/mol. The number of rotatable bonds is 2. The third-order valence-electron chi connectivity index (χ3n) is 3.66. The zero-order valence-electron chi connectivity index (χ0n) is 10.5. The number of hydrogen-bond donors (Lipinski definition) is 0. The molecule has 1 fully saturated rings. The largest absolute Gasteiger partial charge is 0.0836 e. The molecule has 1 unspecified atom stereocenters. The van der Waals surface area contributed by atoms with Crippen LogP contribution in [0.4, 0.5) is 0 Å². The fraction of sp³-hybridized carbons (Fsp3) is 0.600. The van der Waals surface area contributed by atoms with Crippen molar-refractivity contribution in [1.29, 1.82) is 0 Å². The van der Waals surface area contributed by atoms with Crippen LogP contribution in [-0.2, 0) is 5.41 Å². The van der Waals surface area contributed by atoms with Gasteiger partial charge in [-0.15, -0.1) is 0 Å². The van der Waals surface area contributed by atoms with Gasteiger partial charge in [-0.3, -0.25) is 0 Å². The third-order valence-corrected chi connectivity index (χ3v) is 4.94. The first-order valence-electron chi connectivity index (χ1n) is 6.23. The molecular weight excluding hydrogens is 260 g/mol. The van der Waals surface area contributed by atoms with Crippen molar-refractivity contribution < 1.29 is 0 Å². The standard InChI is InChI=1S/C15H21Br/c1-15(2,3)13-9-7-12(8-10-13)14(16)11-5-4-6-11/h7-11,14H,4-6H2,1-3H3. The molecular formula is C15H21Br. The number of halogens is 1. The van der Waals surface area contributed by atoms with Gasteiger partial charge in [0, 0.05) is 4.83 Å².